The van der Waals surface area contributed by atoms with Crippen LogP contribution in [0.25, 0.3) is 21.3 Å². The highest BCUT2D eigenvalue weighted by Gasteiger charge is 2.26. The van der Waals surface area contributed by atoms with Crippen LogP contribution >= 0.6 is 11.3 Å². The second kappa shape index (κ2) is 9.71. The predicted molar refractivity (Wildman–Crippen MR) is 96.2 cm³/mol. The highest BCUT2D eigenvalue weighted by atomic mass is 32.2. The van der Waals surface area contributed by atoms with E-state index in [9.17, 15) is 31.1 Å². The number of ketones is 1. The Morgan fingerprint density at radius 3 is 2.45 bits per heavy atom. The first-order chi connectivity index (χ1) is 13.5. The van der Waals surface area contributed by atoms with Crippen LogP contribution in [0, 0.1) is 5.82 Å². The maximum absolute atomic E-state index is 13.2. The number of nitrogens with zero attached hydrogens (tertiary/aromatic N) is 4. The molecule has 1 unspecified atom stereocenters. The Kier molecular flexibility index (Phi) is 7.59. The monoisotopic (exact) mass is 447 g/mol. The van der Waals surface area contributed by atoms with Crippen LogP contribution in [0.1, 0.15) is 17.4 Å². The van der Waals surface area contributed by atoms with Crippen LogP contribution in [0.5, 0.6) is 0 Å². The largest absolute Gasteiger partial charge is 0.772 e. The van der Waals surface area contributed by atoms with Crippen LogP contribution in [-0.2, 0) is 11.1 Å². The van der Waals surface area contributed by atoms with Gasteiger partial charge in [-0.1, -0.05) is 17.4 Å². The zero-order valence-corrected chi connectivity index (χ0v) is 16.1. The number of alkyl halides is 3. The lowest BCUT2D eigenvalue weighted by molar-refractivity contribution is -0.106. The van der Waals surface area contributed by atoms with Crippen molar-refractivity contribution in [2.45, 2.75) is 13.1 Å². The van der Waals surface area contributed by atoms with Crippen LogP contribution in [0.15, 0.2) is 36.7 Å². The molecule has 0 saturated heterocycles. The molecule has 0 amide bonds. The molecule has 0 N–H and O–H groups in total. The molecule has 3 rings (SSSR count). The van der Waals surface area contributed by atoms with Crippen LogP contribution in [0.2, 0.25) is 0 Å². The van der Waals surface area contributed by atoms with Gasteiger partial charge in [0.15, 0.2) is 10.8 Å². The molecular formula is C16H11F4N4O3S2-. The van der Waals surface area contributed by atoms with E-state index >= 15 is 0 Å². The van der Waals surface area contributed by atoms with Crippen LogP contribution in [0.3, 0.4) is 0 Å². The van der Waals surface area contributed by atoms with Gasteiger partial charge in [-0.3, -0.25) is 14.0 Å². The van der Waals surface area contributed by atoms with Crippen molar-refractivity contribution >= 4 is 28.2 Å². The first kappa shape index (κ1) is 22.6. The Labute approximate surface area is 168 Å². The van der Waals surface area contributed by atoms with Crippen molar-refractivity contribution in [1.82, 2.24) is 20.2 Å². The van der Waals surface area contributed by atoms with Gasteiger partial charge >= 0.3 is 6.18 Å². The number of aromatic nitrogens is 4. The summed E-state index contributed by atoms with van der Waals surface area (Å²) in [6, 6.07) is 6.48. The number of pyridine rings is 2. The lowest BCUT2D eigenvalue weighted by Crippen LogP contribution is -2.17. The molecule has 0 fully saturated rings. The molecular weight excluding hydrogens is 436 g/mol. The van der Waals surface area contributed by atoms with Crippen molar-refractivity contribution < 1.29 is 31.1 Å². The standard InChI is InChI=1S/C14H9FN4OS.C2H3F3O2S/c1-8(20)11-3-2-4-12(17-11)14-19-18-13(21-14)9-5-10(15)7-16-6-9;3-2(4,5)1-8(6)7/h2-7H,1H3;1H2,(H,6,7)/p-1. The van der Waals surface area contributed by atoms with Crippen LogP contribution < -0.4 is 0 Å². The number of carbonyl (C=O) groups is 1. The number of hydrogen-bond donors (Lipinski definition) is 0. The van der Waals surface area contributed by atoms with Crippen LogP contribution in [-0.4, -0.2) is 46.6 Å². The third-order valence-electron chi connectivity index (χ3n) is 2.99. The summed E-state index contributed by atoms with van der Waals surface area (Å²) in [4.78, 5) is 19.4. The van der Waals surface area contributed by atoms with E-state index in [0.717, 1.165) is 6.20 Å². The van der Waals surface area contributed by atoms with E-state index in [1.807, 2.05) is 0 Å². The van der Waals surface area contributed by atoms with Crippen molar-refractivity contribution in [3.05, 3.63) is 48.2 Å². The molecule has 3 aromatic heterocycles. The molecule has 3 aromatic rings. The van der Waals surface area contributed by atoms with Gasteiger partial charge in [0.05, 0.1) is 6.20 Å². The van der Waals surface area contributed by atoms with E-state index in [4.69, 9.17) is 0 Å². The molecule has 7 nitrogen and oxygen atoms in total. The van der Waals surface area contributed by atoms with Crippen molar-refractivity contribution in [2.24, 2.45) is 0 Å². The number of halogens is 4. The van der Waals surface area contributed by atoms with Gasteiger partial charge in [-0.05, 0) is 29.3 Å². The molecule has 1 atom stereocenters. The highest BCUT2D eigenvalue weighted by Crippen LogP contribution is 2.28. The van der Waals surface area contributed by atoms with Gasteiger partial charge < -0.3 is 4.55 Å². The van der Waals surface area contributed by atoms with Crippen molar-refractivity contribution in [3.63, 3.8) is 0 Å². The minimum absolute atomic E-state index is 0.115. The first-order valence-corrected chi connectivity index (χ1v) is 9.66. The lowest BCUT2D eigenvalue weighted by atomic mass is 10.2. The molecule has 0 radical (unpaired) electrons. The summed E-state index contributed by atoms with van der Waals surface area (Å²) in [5, 5.41) is 9.17. The predicted octanol–water partition coefficient (Wildman–Crippen LogP) is 3.43. The van der Waals surface area contributed by atoms with Gasteiger partial charge in [-0.15, -0.1) is 10.2 Å². The molecule has 0 saturated carbocycles. The molecule has 0 aliphatic carbocycles. The third-order valence-corrected chi connectivity index (χ3v) is 4.55. The fourth-order valence-electron chi connectivity index (χ4n) is 1.86. The zero-order chi connectivity index (χ0) is 21.6. The average Bonchev–Trinajstić information content (AvgIpc) is 3.10. The second-order valence-electron chi connectivity index (χ2n) is 5.33. The average molecular weight is 447 g/mol. The van der Waals surface area contributed by atoms with Gasteiger partial charge in [0.25, 0.3) is 0 Å². The molecule has 154 valence electrons. The SMILES string of the molecule is CC(=O)c1cccc(-c2nnc(-c3cncc(F)c3)s2)n1.O=S([O-])CC(F)(F)F. The van der Waals surface area contributed by atoms with Crippen molar-refractivity contribution in [1.29, 1.82) is 0 Å². The molecule has 3 heterocycles. The van der Waals surface area contributed by atoms with Gasteiger partial charge in [0.2, 0.25) is 0 Å². The molecule has 0 aromatic carbocycles. The number of rotatable bonds is 4. The lowest BCUT2D eigenvalue weighted by Gasteiger charge is -2.06. The number of hydrogen-bond acceptors (Lipinski definition) is 8. The Balaban J connectivity index is 0.000000321. The van der Waals surface area contributed by atoms with Gasteiger partial charge in [-0.2, -0.15) is 13.2 Å². The van der Waals surface area contributed by atoms with Gasteiger partial charge in [0.1, 0.15) is 28.0 Å². The minimum Gasteiger partial charge on any atom is -0.772 e. The quantitative estimate of drug-likeness (QED) is 0.342. The maximum Gasteiger partial charge on any atom is 0.399 e. The molecule has 0 spiro atoms. The second-order valence-corrected chi connectivity index (χ2v) is 7.21. The van der Waals surface area contributed by atoms with E-state index in [0.29, 0.717) is 27.0 Å². The molecule has 0 bridgehead atoms. The normalized spacial score (nSPS) is 12.1. The zero-order valence-electron chi connectivity index (χ0n) is 14.5. The van der Waals surface area contributed by atoms with Crippen molar-refractivity contribution in [3.8, 4) is 21.3 Å². The highest BCUT2D eigenvalue weighted by molar-refractivity contribution is 7.79. The molecule has 29 heavy (non-hydrogen) atoms. The first-order valence-electron chi connectivity index (χ1n) is 7.60. The topological polar surface area (TPSA) is 109 Å². The summed E-state index contributed by atoms with van der Waals surface area (Å²) in [5.41, 5.74) is 1.49. The summed E-state index contributed by atoms with van der Waals surface area (Å²) < 4.78 is 64.5. The minimum atomic E-state index is -4.59. The summed E-state index contributed by atoms with van der Waals surface area (Å²) >= 11 is -1.74. The summed E-state index contributed by atoms with van der Waals surface area (Å²) in [5.74, 6) is -2.30. The van der Waals surface area contributed by atoms with E-state index in [2.05, 4.69) is 20.2 Å². The van der Waals surface area contributed by atoms with E-state index < -0.39 is 28.8 Å². The maximum atomic E-state index is 13.2. The van der Waals surface area contributed by atoms with Gasteiger partial charge in [-0.25, -0.2) is 9.37 Å². The smallest absolute Gasteiger partial charge is 0.399 e. The Morgan fingerprint density at radius 2 is 1.90 bits per heavy atom. The van der Waals surface area contributed by atoms with E-state index in [1.165, 1.54) is 30.5 Å². The van der Waals surface area contributed by atoms with Crippen LogP contribution in [0.4, 0.5) is 17.6 Å². The van der Waals surface area contributed by atoms with E-state index in [-0.39, 0.29) is 5.78 Å². The fourth-order valence-corrected chi connectivity index (χ4v) is 2.92. The molecule has 0 aliphatic rings. The third kappa shape index (κ3) is 7.36. The Morgan fingerprint density at radius 1 is 1.21 bits per heavy atom. The van der Waals surface area contributed by atoms with Crippen molar-refractivity contribution in [2.75, 3.05) is 5.75 Å². The summed E-state index contributed by atoms with van der Waals surface area (Å²) in [6.45, 7) is 1.45. The molecule has 13 heteroatoms. The molecule has 0 aliphatic heterocycles. The van der Waals surface area contributed by atoms with Gasteiger partial charge in [0, 0.05) is 18.7 Å². The number of carbonyl (C=O) groups excluding carboxylic acids is 1. The number of Topliss-reactive ketones (excluding diaryl/α,β-unsaturated/α-hetero) is 1. The summed E-state index contributed by atoms with van der Waals surface area (Å²) in [6.07, 6.45) is -1.94. The summed E-state index contributed by atoms with van der Waals surface area (Å²) in [7, 11) is 0. The Hall–Kier alpha value is -2.64. The van der Waals surface area contributed by atoms with E-state index in [1.54, 1.807) is 18.2 Å². The Bertz CT molecular complexity index is 1030. The fraction of sp³-hybridized carbons (Fsp3) is 0.188.